The first-order valence-corrected chi connectivity index (χ1v) is 22.0. The topological polar surface area (TPSA) is 72.5 Å². The molecule has 0 N–H and O–H groups in total. The molecule has 6 aliphatic rings. The molecule has 0 radical (unpaired) electrons. The molecule has 8 heteroatoms. The third-order valence-corrected chi connectivity index (χ3v) is 14.2. The van der Waals surface area contributed by atoms with Crippen LogP contribution < -0.4 is 0 Å². The van der Waals surface area contributed by atoms with Gasteiger partial charge < -0.3 is 14.2 Å². The summed E-state index contributed by atoms with van der Waals surface area (Å²) in [4.78, 5) is 0. The van der Waals surface area contributed by atoms with E-state index in [0.717, 1.165) is 115 Å². The second-order valence-electron chi connectivity index (χ2n) is 16.5. The SMILES string of the molecule is O=P(OC1CCC(OCC2CCCCC2)CC1)(OC1CCC(OCC2CCCCC2)CC1)OC1CCC(OCC2CCCCC2)CC1. The van der Waals surface area contributed by atoms with Crippen LogP contribution in [0.15, 0.2) is 0 Å². The number of rotatable bonds is 15. The molecule has 0 bridgehead atoms. The molecule has 272 valence electrons. The molecular weight excluding hydrogens is 611 g/mol. The number of hydrogen-bond acceptors (Lipinski definition) is 7. The molecule has 0 aromatic carbocycles. The van der Waals surface area contributed by atoms with Gasteiger partial charge in [0.05, 0.1) is 36.6 Å². The van der Waals surface area contributed by atoms with Crippen molar-refractivity contribution in [3.05, 3.63) is 0 Å². The Morgan fingerprint density at radius 3 is 0.809 bits per heavy atom. The highest BCUT2D eigenvalue weighted by Crippen LogP contribution is 2.56. The van der Waals surface area contributed by atoms with Crippen molar-refractivity contribution in [2.24, 2.45) is 17.8 Å². The van der Waals surface area contributed by atoms with E-state index in [2.05, 4.69) is 0 Å². The summed E-state index contributed by atoms with van der Waals surface area (Å²) < 4.78 is 52.9. The molecule has 6 saturated carbocycles. The summed E-state index contributed by atoms with van der Waals surface area (Å²) in [5.74, 6) is 2.21. The van der Waals surface area contributed by atoms with Crippen LogP contribution in [-0.4, -0.2) is 56.4 Å². The molecule has 0 aromatic rings. The van der Waals surface area contributed by atoms with E-state index in [0.29, 0.717) is 18.3 Å². The van der Waals surface area contributed by atoms with Gasteiger partial charge in [0, 0.05) is 19.8 Å². The molecule has 0 spiro atoms. The second-order valence-corrected chi connectivity index (χ2v) is 18.0. The largest absolute Gasteiger partial charge is 0.475 e. The van der Waals surface area contributed by atoms with E-state index in [-0.39, 0.29) is 18.3 Å². The Morgan fingerprint density at radius 1 is 0.319 bits per heavy atom. The zero-order valence-electron chi connectivity index (χ0n) is 29.7. The van der Waals surface area contributed by atoms with Crippen LogP contribution in [0, 0.1) is 17.8 Å². The maximum atomic E-state index is 14.5. The summed E-state index contributed by atoms with van der Waals surface area (Å²) in [6, 6.07) is 0. The lowest BCUT2D eigenvalue weighted by Gasteiger charge is -2.36. The Morgan fingerprint density at radius 2 is 0.553 bits per heavy atom. The molecule has 0 aromatic heterocycles. The standard InChI is InChI=1S/C39H69O7P/c40-47(44-37-22-16-34(17-23-37)41-28-31-10-4-1-5-11-31,45-38-24-18-35(19-25-38)42-29-32-12-6-2-7-13-32)46-39-26-20-36(21-27-39)43-30-33-14-8-3-9-15-33/h31-39H,1-30H2. The highest BCUT2D eigenvalue weighted by atomic mass is 31.2. The van der Waals surface area contributed by atoms with Crippen molar-refractivity contribution in [2.45, 2.75) is 210 Å². The van der Waals surface area contributed by atoms with Crippen molar-refractivity contribution in [2.75, 3.05) is 19.8 Å². The van der Waals surface area contributed by atoms with Crippen molar-refractivity contribution < 1.29 is 32.3 Å². The van der Waals surface area contributed by atoms with Crippen molar-refractivity contribution in [3.8, 4) is 0 Å². The van der Waals surface area contributed by atoms with Gasteiger partial charge in [-0.25, -0.2) is 4.57 Å². The van der Waals surface area contributed by atoms with Gasteiger partial charge in [0.1, 0.15) is 0 Å². The minimum Gasteiger partial charge on any atom is -0.378 e. The van der Waals surface area contributed by atoms with Gasteiger partial charge in [0.2, 0.25) is 0 Å². The third kappa shape index (κ3) is 12.6. The summed E-state index contributed by atoms with van der Waals surface area (Å²) in [6.07, 6.45) is 31.7. The molecule has 0 aliphatic heterocycles. The van der Waals surface area contributed by atoms with Crippen LogP contribution in [-0.2, 0) is 32.3 Å². The van der Waals surface area contributed by atoms with Crippen molar-refractivity contribution >= 4 is 7.82 Å². The van der Waals surface area contributed by atoms with Gasteiger partial charge in [-0.05, 0) is 133 Å². The fourth-order valence-corrected chi connectivity index (χ4v) is 11.3. The van der Waals surface area contributed by atoms with E-state index in [1.807, 2.05) is 0 Å². The Hall–Kier alpha value is -0.0100. The molecule has 7 nitrogen and oxygen atoms in total. The lowest BCUT2D eigenvalue weighted by atomic mass is 9.89. The fourth-order valence-electron chi connectivity index (χ4n) is 9.41. The van der Waals surface area contributed by atoms with E-state index in [9.17, 15) is 4.57 Å². The average Bonchev–Trinajstić information content (AvgIpc) is 3.12. The van der Waals surface area contributed by atoms with Gasteiger partial charge in [0.25, 0.3) is 0 Å². The van der Waals surface area contributed by atoms with Crippen LogP contribution in [0.5, 0.6) is 0 Å². The maximum Gasteiger partial charge on any atom is 0.475 e. The fraction of sp³-hybridized carbons (Fsp3) is 1.00. The highest BCUT2D eigenvalue weighted by Gasteiger charge is 2.40. The van der Waals surface area contributed by atoms with Crippen LogP contribution in [0.4, 0.5) is 0 Å². The van der Waals surface area contributed by atoms with Gasteiger partial charge >= 0.3 is 7.82 Å². The number of phosphoric acid groups is 1. The van der Waals surface area contributed by atoms with Crippen LogP contribution in [0.25, 0.3) is 0 Å². The zero-order valence-corrected chi connectivity index (χ0v) is 30.6. The second kappa shape index (κ2) is 19.6. The van der Waals surface area contributed by atoms with Gasteiger partial charge in [-0.1, -0.05) is 57.8 Å². The summed E-state index contributed by atoms with van der Waals surface area (Å²) in [6.45, 7) is 2.71. The minimum atomic E-state index is -3.72. The van der Waals surface area contributed by atoms with E-state index in [1.54, 1.807) is 0 Å². The van der Waals surface area contributed by atoms with Gasteiger partial charge in [-0.15, -0.1) is 0 Å². The first-order chi connectivity index (χ1) is 23.1. The van der Waals surface area contributed by atoms with Crippen molar-refractivity contribution in [1.29, 1.82) is 0 Å². The Kier molecular flexibility index (Phi) is 15.3. The molecule has 0 unspecified atom stereocenters. The van der Waals surface area contributed by atoms with Crippen molar-refractivity contribution in [1.82, 2.24) is 0 Å². The van der Waals surface area contributed by atoms with E-state index in [4.69, 9.17) is 27.8 Å². The lowest BCUT2D eigenvalue weighted by Crippen LogP contribution is -2.32. The Bertz CT molecular complexity index is 777. The molecule has 0 amide bonds. The number of phosphoric ester groups is 1. The number of ether oxygens (including phenoxy) is 3. The van der Waals surface area contributed by atoms with E-state index < -0.39 is 7.82 Å². The molecule has 6 aliphatic carbocycles. The molecule has 6 rings (SSSR count). The van der Waals surface area contributed by atoms with Gasteiger partial charge in [-0.2, -0.15) is 0 Å². The summed E-state index contributed by atoms with van der Waals surface area (Å²) in [5.41, 5.74) is 0. The van der Waals surface area contributed by atoms with Gasteiger partial charge in [0.15, 0.2) is 0 Å². The molecule has 0 atom stereocenters. The predicted octanol–water partition coefficient (Wildman–Crippen LogP) is 10.9. The molecule has 0 heterocycles. The van der Waals surface area contributed by atoms with Gasteiger partial charge in [-0.3, -0.25) is 13.6 Å². The average molecular weight is 681 g/mol. The minimum absolute atomic E-state index is 0.0966. The van der Waals surface area contributed by atoms with Crippen LogP contribution in [0.3, 0.4) is 0 Å². The normalized spacial score (nSPS) is 35.4. The molecule has 47 heavy (non-hydrogen) atoms. The van der Waals surface area contributed by atoms with Crippen LogP contribution >= 0.6 is 7.82 Å². The molecule has 0 saturated heterocycles. The summed E-state index contributed by atoms with van der Waals surface area (Å²) in [7, 11) is -3.72. The summed E-state index contributed by atoms with van der Waals surface area (Å²) >= 11 is 0. The summed E-state index contributed by atoms with van der Waals surface area (Å²) in [5, 5.41) is 0. The Labute approximate surface area is 287 Å². The third-order valence-electron chi connectivity index (χ3n) is 12.6. The predicted molar refractivity (Wildman–Crippen MR) is 187 cm³/mol. The van der Waals surface area contributed by atoms with Crippen LogP contribution in [0.1, 0.15) is 173 Å². The maximum absolute atomic E-state index is 14.5. The first-order valence-electron chi connectivity index (χ1n) is 20.6. The quantitative estimate of drug-likeness (QED) is 0.159. The number of hydrogen-bond donors (Lipinski definition) is 0. The smallest absolute Gasteiger partial charge is 0.378 e. The highest BCUT2D eigenvalue weighted by molar-refractivity contribution is 7.48. The van der Waals surface area contributed by atoms with Crippen molar-refractivity contribution in [3.63, 3.8) is 0 Å². The molecule has 6 fully saturated rings. The van der Waals surface area contributed by atoms with Crippen LogP contribution in [0.2, 0.25) is 0 Å². The Balaban J connectivity index is 0.961. The van der Waals surface area contributed by atoms with E-state index >= 15 is 0 Å². The monoisotopic (exact) mass is 680 g/mol. The molecular formula is C39H69O7P. The van der Waals surface area contributed by atoms with E-state index in [1.165, 1.54) is 96.3 Å². The zero-order chi connectivity index (χ0) is 32.2. The lowest BCUT2D eigenvalue weighted by molar-refractivity contribution is -0.0529. The first kappa shape index (κ1) is 36.8.